The SMILES string of the molecule is CCCC(NC(=O)[C@@H]1CC(c2ccccc2)CN1C(=O)OC(C)(C)C)C(=O)C(=O)O. The molecule has 0 bridgehead atoms. The van der Waals surface area contributed by atoms with Crippen LogP contribution < -0.4 is 5.32 Å². The van der Waals surface area contributed by atoms with Crippen LogP contribution in [-0.4, -0.2) is 58.0 Å². The first-order valence-corrected chi connectivity index (χ1v) is 10.2. The number of rotatable bonds is 7. The number of likely N-dealkylation sites (tertiary alicyclic amines) is 1. The first kappa shape index (κ1) is 23.4. The van der Waals surface area contributed by atoms with Gasteiger partial charge in [-0.05, 0) is 39.2 Å². The molecule has 2 amide bonds. The lowest BCUT2D eigenvalue weighted by Crippen LogP contribution is -2.52. The molecule has 30 heavy (non-hydrogen) atoms. The molecule has 3 atom stereocenters. The van der Waals surface area contributed by atoms with Crippen molar-refractivity contribution in [2.45, 2.75) is 70.6 Å². The molecule has 1 aliphatic heterocycles. The minimum absolute atomic E-state index is 0.0748. The number of hydrogen-bond donors (Lipinski definition) is 2. The van der Waals surface area contributed by atoms with Gasteiger partial charge in [0.05, 0.1) is 6.04 Å². The molecule has 1 aliphatic rings. The van der Waals surface area contributed by atoms with Crippen LogP contribution in [0, 0.1) is 0 Å². The number of carbonyl (C=O) groups excluding carboxylic acids is 3. The lowest BCUT2D eigenvalue weighted by atomic mass is 9.96. The van der Waals surface area contributed by atoms with E-state index >= 15 is 0 Å². The molecular weight excluding hydrogens is 388 g/mol. The quantitative estimate of drug-likeness (QED) is 0.659. The van der Waals surface area contributed by atoms with E-state index in [-0.39, 0.29) is 12.3 Å². The van der Waals surface area contributed by atoms with Crippen molar-refractivity contribution in [3.8, 4) is 0 Å². The average Bonchev–Trinajstić information content (AvgIpc) is 3.12. The van der Waals surface area contributed by atoms with Crippen molar-refractivity contribution in [1.82, 2.24) is 10.2 Å². The van der Waals surface area contributed by atoms with Gasteiger partial charge >= 0.3 is 12.1 Å². The molecule has 1 aromatic rings. The highest BCUT2D eigenvalue weighted by Crippen LogP contribution is 2.33. The minimum atomic E-state index is -1.59. The van der Waals surface area contributed by atoms with E-state index in [0.717, 1.165) is 5.56 Å². The summed E-state index contributed by atoms with van der Waals surface area (Å²) in [4.78, 5) is 50.2. The van der Waals surface area contributed by atoms with Crippen LogP contribution in [-0.2, 0) is 19.1 Å². The van der Waals surface area contributed by atoms with Crippen molar-refractivity contribution < 1.29 is 29.0 Å². The molecule has 2 N–H and O–H groups in total. The Labute approximate surface area is 176 Å². The summed E-state index contributed by atoms with van der Waals surface area (Å²) in [6.07, 6.45) is 0.474. The standard InChI is InChI=1S/C22H30N2O6/c1-5-9-16(18(25)20(27)28)23-19(26)17-12-15(14-10-7-6-8-11-14)13-24(17)21(29)30-22(2,3)4/h6-8,10-11,15-17H,5,9,12-13H2,1-4H3,(H,23,26)(H,27,28)/t15?,16?,17-/m0/s1. The van der Waals surface area contributed by atoms with Gasteiger partial charge in [-0.25, -0.2) is 9.59 Å². The van der Waals surface area contributed by atoms with Crippen molar-refractivity contribution in [3.63, 3.8) is 0 Å². The Morgan fingerprint density at radius 1 is 1.20 bits per heavy atom. The lowest BCUT2D eigenvalue weighted by molar-refractivity contribution is -0.150. The maximum Gasteiger partial charge on any atom is 0.410 e. The minimum Gasteiger partial charge on any atom is -0.475 e. The molecule has 1 fully saturated rings. The van der Waals surface area contributed by atoms with Crippen LogP contribution in [0.25, 0.3) is 0 Å². The van der Waals surface area contributed by atoms with Crippen LogP contribution in [0.1, 0.15) is 58.4 Å². The second kappa shape index (κ2) is 9.73. The summed E-state index contributed by atoms with van der Waals surface area (Å²) in [5.41, 5.74) is 0.264. The molecule has 1 aromatic carbocycles. The van der Waals surface area contributed by atoms with Crippen molar-refractivity contribution in [1.29, 1.82) is 0 Å². The number of benzene rings is 1. The summed E-state index contributed by atoms with van der Waals surface area (Å²) < 4.78 is 5.47. The van der Waals surface area contributed by atoms with Gasteiger partial charge in [-0.15, -0.1) is 0 Å². The van der Waals surface area contributed by atoms with E-state index in [1.165, 1.54) is 4.90 Å². The molecule has 8 nitrogen and oxygen atoms in total. The number of amides is 2. The van der Waals surface area contributed by atoms with Crippen LogP contribution in [0.5, 0.6) is 0 Å². The first-order valence-electron chi connectivity index (χ1n) is 10.2. The van der Waals surface area contributed by atoms with Gasteiger partial charge in [0.1, 0.15) is 11.6 Å². The number of ketones is 1. The summed E-state index contributed by atoms with van der Waals surface area (Å²) in [7, 11) is 0. The molecule has 0 radical (unpaired) electrons. The van der Waals surface area contributed by atoms with E-state index in [4.69, 9.17) is 9.84 Å². The van der Waals surface area contributed by atoms with Gasteiger partial charge < -0.3 is 15.2 Å². The smallest absolute Gasteiger partial charge is 0.410 e. The summed E-state index contributed by atoms with van der Waals surface area (Å²) in [5, 5.41) is 11.6. The van der Waals surface area contributed by atoms with Gasteiger partial charge in [-0.2, -0.15) is 0 Å². The monoisotopic (exact) mass is 418 g/mol. The largest absolute Gasteiger partial charge is 0.475 e. The predicted octanol–water partition coefficient (Wildman–Crippen LogP) is 2.72. The number of Topliss-reactive ketones (excluding diaryl/α,β-unsaturated/α-hetero) is 1. The zero-order valence-corrected chi connectivity index (χ0v) is 17.9. The number of nitrogens with zero attached hydrogens (tertiary/aromatic N) is 1. The molecule has 8 heteroatoms. The summed E-state index contributed by atoms with van der Waals surface area (Å²) >= 11 is 0. The summed E-state index contributed by atoms with van der Waals surface area (Å²) in [6.45, 7) is 7.32. The van der Waals surface area contributed by atoms with Gasteiger partial charge in [0.25, 0.3) is 5.78 Å². The molecular formula is C22H30N2O6. The highest BCUT2D eigenvalue weighted by Gasteiger charge is 2.43. The summed E-state index contributed by atoms with van der Waals surface area (Å²) in [6, 6.07) is 7.56. The molecule has 1 saturated heterocycles. The van der Waals surface area contributed by atoms with Crippen LogP contribution in [0.3, 0.4) is 0 Å². The number of hydrogen-bond acceptors (Lipinski definition) is 5. The number of carboxylic acid groups (broad SMARTS) is 1. The number of aliphatic carboxylic acids is 1. The van der Waals surface area contributed by atoms with Gasteiger partial charge in [-0.3, -0.25) is 14.5 Å². The second-order valence-electron chi connectivity index (χ2n) is 8.51. The maximum atomic E-state index is 13.0. The third-order valence-electron chi connectivity index (χ3n) is 4.92. The van der Waals surface area contributed by atoms with Crippen LogP contribution in [0.2, 0.25) is 0 Å². The van der Waals surface area contributed by atoms with Gasteiger partial charge in [-0.1, -0.05) is 43.7 Å². The Kier molecular flexibility index (Phi) is 7.59. The van der Waals surface area contributed by atoms with E-state index in [2.05, 4.69) is 5.32 Å². The Balaban J connectivity index is 2.25. The fourth-order valence-corrected chi connectivity index (χ4v) is 3.55. The van der Waals surface area contributed by atoms with Crippen molar-refractivity contribution in [2.75, 3.05) is 6.54 Å². The molecule has 0 spiro atoms. The molecule has 1 heterocycles. The molecule has 0 aromatic heterocycles. The van der Waals surface area contributed by atoms with Crippen LogP contribution in [0.15, 0.2) is 30.3 Å². The first-order chi connectivity index (χ1) is 14.0. The third-order valence-corrected chi connectivity index (χ3v) is 4.92. The Bertz CT molecular complexity index is 787. The molecule has 164 valence electrons. The number of ether oxygens (including phenoxy) is 1. The Morgan fingerprint density at radius 2 is 1.83 bits per heavy atom. The Morgan fingerprint density at radius 3 is 2.37 bits per heavy atom. The predicted molar refractivity (Wildman–Crippen MR) is 110 cm³/mol. The number of nitrogens with one attached hydrogen (secondary N) is 1. The van der Waals surface area contributed by atoms with Crippen LogP contribution >= 0.6 is 0 Å². The van der Waals surface area contributed by atoms with Crippen molar-refractivity contribution in [3.05, 3.63) is 35.9 Å². The topological polar surface area (TPSA) is 113 Å². The van der Waals surface area contributed by atoms with E-state index in [1.54, 1.807) is 27.7 Å². The normalized spacial score (nSPS) is 19.8. The van der Waals surface area contributed by atoms with Crippen molar-refractivity contribution >= 4 is 23.8 Å². The summed E-state index contributed by atoms with van der Waals surface area (Å²) in [5.74, 6) is -3.28. The molecule has 2 unspecified atom stereocenters. The van der Waals surface area contributed by atoms with E-state index in [0.29, 0.717) is 19.4 Å². The van der Waals surface area contributed by atoms with E-state index in [9.17, 15) is 19.2 Å². The Hall–Kier alpha value is -2.90. The molecule has 2 rings (SSSR count). The van der Waals surface area contributed by atoms with E-state index in [1.807, 2.05) is 30.3 Å². The fourth-order valence-electron chi connectivity index (χ4n) is 3.55. The number of carboxylic acids is 1. The van der Waals surface area contributed by atoms with Crippen LogP contribution in [0.4, 0.5) is 4.79 Å². The zero-order valence-electron chi connectivity index (χ0n) is 17.9. The fraction of sp³-hybridized carbons (Fsp3) is 0.545. The van der Waals surface area contributed by atoms with Gasteiger partial charge in [0, 0.05) is 12.5 Å². The van der Waals surface area contributed by atoms with E-state index < -0.39 is 41.4 Å². The number of carbonyl (C=O) groups is 4. The second-order valence-corrected chi connectivity index (χ2v) is 8.51. The van der Waals surface area contributed by atoms with Gasteiger partial charge in [0.2, 0.25) is 5.91 Å². The zero-order chi connectivity index (χ0) is 22.5. The molecule has 0 aliphatic carbocycles. The highest BCUT2D eigenvalue weighted by atomic mass is 16.6. The molecule has 0 saturated carbocycles. The van der Waals surface area contributed by atoms with Crippen molar-refractivity contribution in [2.24, 2.45) is 0 Å². The van der Waals surface area contributed by atoms with Gasteiger partial charge in [0.15, 0.2) is 0 Å². The lowest BCUT2D eigenvalue weighted by Gasteiger charge is -2.28. The average molecular weight is 418 g/mol. The third kappa shape index (κ3) is 6.05. The maximum absolute atomic E-state index is 13.0. The highest BCUT2D eigenvalue weighted by molar-refractivity contribution is 6.35.